The van der Waals surface area contributed by atoms with Crippen molar-refractivity contribution < 1.29 is 19.5 Å². The molecule has 0 unspecified atom stereocenters. The summed E-state index contributed by atoms with van der Waals surface area (Å²) in [4.78, 5) is 32.3. The summed E-state index contributed by atoms with van der Waals surface area (Å²) in [5.41, 5.74) is 0. The first-order valence-corrected chi connectivity index (χ1v) is 3.77. The summed E-state index contributed by atoms with van der Waals surface area (Å²) in [6, 6.07) is 0. The van der Waals surface area contributed by atoms with Gasteiger partial charge in [0.1, 0.15) is 11.6 Å². The maximum atomic E-state index is 10.9. The molecule has 1 saturated carbocycles. The van der Waals surface area contributed by atoms with Crippen molar-refractivity contribution in [3.63, 3.8) is 0 Å². The largest absolute Gasteiger partial charge is 0.481 e. The normalized spacial score (nSPS) is 28.9. The van der Waals surface area contributed by atoms with E-state index in [0.29, 0.717) is 0 Å². The summed E-state index contributed by atoms with van der Waals surface area (Å²) in [6.07, 6.45) is 0.117. The number of hydrogen-bond acceptors (Lipinski definition) is 3. The van der Waals surface area contributed by atoms with Gasteiger partial charge in [0.15, 0.2) is 0 Å². The molecule has 4 heteroatoms. The van der Waals surface area contributed by atoms with Crippen LogP contribution in [0, 0.1) is 11.8 Å². The second-order valence-electron chi connectivity index (χ2n) is 3.11. The first kappa shape index (κ1) is 8.90. The fraction of sp³-hybridized carbons (Fsp3) is 0.625. The topological polar surface area (TPSA) is 71.4 Å². The fourth-order valence-corrected chi connectivity index (χ4v) is 1.54. The molecule has 0 bridgehead atoms. The molecule has 1 fully saturated rings. The smallest absolute Gasteiger partial charge is 0.307 e. The molecule has 0 aromatic carbocycles. The maximum absolute atomic E-state index is 10.9. The molecule has 1 aliphatic carbocycles. The van der Waals surface area contributed by atoms with Gasteiger partial charge in [-0.3, -0.25) is 14.4 Å². The molecule has 4 nitrogen and oxygen atoms in total. The molecule has 1 N–H and O–H groups in total. The van der Waals surface area contributed by atoms with Crippen LogP contribution in [0.2, 0.25) is 0 Å². The molecule has 0 aliphatic heterocycles. The molecular formula is C8H10O4. The van der Waals surface area contributed by atoms with E-state index in [1.165, 1.54) is 6.92 Å². The van der Waals surface area contributed by atoms with Crippen molar-refractivity contribution in [1.82, 2.24) is 0 Å². The lowest BCUT2D eigenvalue weighted by molar-refractivity contribution is -0.145. The molecule has 0 amide bonds. The summed E-state index contributed by atoms with van der Waals surface area (Å²) in [5, 5.41) is 8.65. The van der Waals surface area contributed by atoms with E-state index in [1.54, 1.807) is 0 Å². The minimum atomic E-state index is -1.04. The number of rotatable bonds is 2. The molecule has 0 saturated heterocycles. The third kappa shape index (κ3) is 1.52. The highest BCUT2D eigenvalue weighted by molar-refractivity contribution is 5.96. The molecule has 1 rings (SSSR count). The van der Waals surface area contributed by atoms with Crippen LogP contribution in [-0.4, -0.2) is 22.6 Å². The summed E-state index contributed by atoms with van der Waals surface area (Å²) in [6.45, 7) is 1.33. The zero-order valence-corrected chi connectivity index (χ0v) is 6.74. The number of Topliss-reactive ketones (excluding diaryl/α,β-unsaturated/α-hetero) is 2. The Morgan fingerprint density at radius 1 is 1.33 bits per heavy atom. The Hall–Kier alpha value is -1.19. The molecule has 12 heavy (non-hydrogen) atoms. The van der Waals surface area contributed by atoms with Gasteiger partial charge in [-0.05, 0) is 6.92 Å². The molecule has 0 radical (unpaired) electrons. The molecule has 66 valence electrons. The van der Waals surface area contributed by atoms with Crippen LogP contribution in [0.25, 0.3) is 0 Å². The van der Waals surface area contributed by atoms with Crippen molar-refractivity contribution in [3.05, 3.63) is 0 Å². The van der Waals surface area contributed by atoms with E-state index >= 15 is 0 Å². The van der Waals surface area contributed by atoms with Crippen LogP contribution in [-0.2, 0) is 14.4 Å². The van der Waals surface area contributed by atoms with Crippen LogP contribution in [0.3, 0.4) is 0 Å². The van der Waals surface area contributed by atoms with Gasteiger partial charge in [-0.1, -0.05) is 0 Å². The summed E-state index contributed by atoms with van der Waals surface area (Å²) >= 11 is 0. The molecular weight excluding hydrogens is 160 g/mol. The second-order valence-corrected chi connectivity index (χ2v) is 3.11. The molecule has 2 atom stereocenters. The number of ketones is 2. The monoisotopic (exact) mass is 170 g/mol. The number of carbonyl (C=O) groups excluding carboxylic acids is 2. The second kappa shape index (κ2) is 3.05. The maximum Gasteiger partial charge on any atom is 0.307 e. The Morgan fingerprint density at radius 3 is 2.17 bits per heavy atom. The lowest BCUT2D eigenvalue weighted by atomic mass is 9.93. The van der Waals surface area contributed by atoms with Gasteiger partial charge in [-0.25, -0.2) is 0 Å². The van der Waals surface area contributed by atoms with Crippen LogP contribution < -0.4 is 0 Å². The quantitative estimate of drug-likeness (QED) is 0.645. The Labute approximate surface area is 69.6 Å². The highest BCUT2D eigenvalue weighted by Crippen LogP contribution is 2.29. The number of aliphatic carboxylic acids is 1. The van der Waals surface area contributed by atoms with E-state index in [9.17, 15) is 14.4 Å². The average Bonchev–Trinajstić information content (AvgIpc) is 2.31. The van der Waals surface area contributed by atoms with E-state index in [4.69, 9.17) is 5.11 Å². The summed E-state index contributed by atoms with van der Waals surface area (Å²) in [5.74, 6) is -2.73. The lowest BCUT2D eigenvalue weighted by Gasteiger charge is -2.09. The van der Waals surface area contributed by atoms with Crippen molar-refractivity contribution in [3.8, 4) is 0 Å². The van der Waals surface area contributed by atoms with Gasteiger partial charge in [0, 0.05) is 18.8 Å². The molecule has 0 aromatic rings. The minimum absolute atomic E-state index is 0.0135. The van der Waals surface area contributed by atoms with Gasteiger partial charge in [0.25, 0.3) is 0 Å². The SMILES string of the molecule is CC(=O)[C@@H]1CC(=O)C[C@H]1C(=O)O. The third-order valence-corrected chi connectivity index (χ3v) is 2.22. The van der Waals surface area contributed by atoms with Gasteiger partial charge < -0.3 is 5.11 Å². The molecule has 0 heterocycles. The van der Waals surface area contributed by atoms with E-state index in [2.05, 4.69) is 0 Å². The highest BCUT2D eigenvalue weighted by atomic mass is 16.4. The highest BCUT2D eigenvalue weighted by Gasteiger charge is 2.40. The van der Waals surface area contributed by atoms with Gasteiger partial charge in [0.05, 0.1) is 5.92 Å². The third-order valence-electron chi connectivity index (χ3n) is 2.22. The Bertz CT molecular complexity index is 219. The van der Waals surface area contributed by atoms with E-state index in [0.717, 1.165) is 0 Å². The number of carboxylic acid groups (broad SMARTS) is 1. The van der Waals surface area contributed by atoms with Gasteiger partial charge in [-0.2, -0.15) is 0 Å². The summed E-state index contributed by atoms with van der Waals surface area (Å²) in [7, 11) is 0. The van der Waals surface area contributed by atoms with Crippen molar-refractivity contribution in [1.29, 1.82) is 0 Å². The van der Waals surface area contributed by atoms with Crippen LogP contribution in [0.1, 0.15) is 19.8 Å². The van der Waals surface area contributed by atoms with Gasteiger partial charge in [-0.15, -0.1) is 0 Å². The van der Waals surface area contributed by atoms with E-state index < -0.39 is 17.8 Å². The molecule has 0 aromatic heterocycles. The van der Waals surface area contributed by atoms with Crippen LogP contribution in [0.15, 0.2) is 0 Å². The predicted molar refractivity (Wildman–Crippen MR) is 39.5 cm³/mol. The Balaban J connectivity index is 2.79. The van der Waals surface area contributed by atoms with E-state index in [-0.39, 0.29) is 24.4 Å². The number of carbonyl (C=O) groups is 3. The number of carboxylic acids is 1. The standard InChI is InChI=1S/C8H10O4/c1-4(9)6-2-5(10)3-7(6)8(11)12/h6-7H,2-3H2,1H3,(H,11,12)/t6-,7+/m0/s1. The average molecular weight is 170 g/mol. The lowest BCUT2D eigenvalue weighted by Crippen LogP contribution is -2.23. The van der Waals surface area contributed by atoms with Gasteiger partial charge >= 0.3 is 5.97 Å². The van der Waals surface area contributed by atoms with Crippen molar-refractivity contribution in [2.45, 2.75) is 19.8 Å². The zero-order valence-electron chi connectivity index (χ0n) is 6.74. The predicted octanol–water partition coefficient (Wildman–Crippen LogP) is 0.255. The van der Waals surface area contributed by atoms with E-state index in [1.807, 2.05) is 0 Å². The summed E-state index contributed by atoms with van der Waals surface area (Å²) < 4.78 is 0. The van der Waals surface area contributed by atoms with Crippen molar-refractivity contribution >= 4 is 17.5 Å². The first-order chi connectivity index (χ1) is 5.52. The molecule has 1 aliphatic rings. The van der Waals surface area contributed by atoms with Crippen molar-refractivity contribution in [2.24, 2.45) is 11.8 Å². The first-order valence-electron chi connectivity index (χ1n) is 3.77. The van der Waals surface area contributed by atoms with Crippen LogP contribution in [0.5, 0.6) is 0 Å². The number of hydrogen-bond donors (Lipinski definition) is 1. The fourth-order valence-electron chi connectivity index (χ4n) is 1.54. The Morgan fingerprint density at radius 2 is 1.83 bits per heavy atom. The Kier molecular flexibility index (Phi) is 2.26. The van der Waals surface area contributed by atoms with Crippen molar-refractivity contribution in [2.75, 3.05) is 0 Å². The minimum Gasteiger partial charge on any atom is -0.481 e. The van der Waals surface area contributed by atoms with Gasteiger partial charge in [0.2, 0.25) is 0 Å². The van der Waals surface area contributed by atoms with Crippen LogP contribution in [0.4, 0.5) is 0 Å². The molecule has 0 spiro atoms. The van der Waals surface area contributed by atoms with Crippen LogP contribution >= 0.6 is 0 Å². The zero-order chi connectivity index (χ0) is 9.30.